The SMILES string of the molecule is CO[C@H]1C[C@@H](c2nc3c(C)c(C)ccc3[nH]2)N(C(=O)c2cc(C)ccc2-n2nccn2)C1. The number of aromatic amines is 1. The smallest absolute Gasteiger partial charge is 0.256 e. The number of methoxy groups -OCH3 is 1. The van der Waals surface area contributed by atoms with Crippen LogP contribution in [0.5, 0.6) is 0 Å². The average molecular weight is 431 g/mol. The molecule has 1 aliphatic rings. The molecule has 0 aliphatic carbocycles. The minimum Gasteiger partial charge on any atom is -0.380 e. The van der Waals surface area contributed by atoms with Gasteiger partial charge in [0.25, 0.3) is 5.91 Å². The van der Waals surface area contributed by atoms with Crippen LogP contribution in [0.1, 0.15) is 45.3 Å². The van der Waals surface area contributed by atoms with Gasteiger partial charge in [-0.2, -0.15) is 15.0 Å². The van der Waals surface area contributed by atoms with Gasteiger partial charge in [-0.1, -0.05) is 17.7 Å². The summed E-state index contributed by atoms with van der Waals surface area (Å²) in [5, 5.41) is 8.46. The van der Waals surface area contributed by atoms with Crippen LogP contribution in [-0.2, 0) is 4.74 Å². The van der Waals surface area contributed by atoms with E-state index in [4.69, 9.17) is 9.72 Å². The summed E-state index contributed by atoms with van der Waals surface area (Å²) in [6, 6.07) is 9.66. The summed E-state index contributed by atoms with van der Waals surface area (Å²) in [7, 11) is 1.69. The van der Waals surface area contributed by atoms with Gasteiger partial charge in [0, 0.05) is 20.1 Å². The van der Waals surface area contributed by atoms with Crippen molar-refractivity contribution in [1.29, 1.82) is 0 Å². The molecule has 2 aromatic carbocycles. The normalized spacial score (nSPS) is 18.6. The number of amides is 1. The summed E-state index contributed by atoms with van der Waals surface area (Å²) >= 11 is 0. The Bertz CT molecular complexity index is 1290. The zero-order valence-corrected chi connectivity index (χ0v) is 18.7. The van der Waals surface area contributed by atoms with Crippen molar-refractivity contribution in [2.45, 2.75) is 39.3 Å². The highest BCUT2D eigenvalue weighted by Gasteiger charge is 2.39. The van der Waals surface area contributed by atoms with Crippen molar-refractivity contribution in [3.05, 3.63) is 70.8 Å². The summed E-state index contributed by atoms with van der Waals surface area (Å²) in [6.45, 7) is 6.63. The molecule has 0 saturated carbocycles. The second kappa shape index (κ2) is 7.87. The summed E-state index contributed by atoms with van der Waals surface area (Å²) < 4.78 is 5.66. The molecular weight excluding hydrogens is 404 g/mol. The Balaban J connectivity index is 1.57. The maximum Gasteiger partial charge on any atom is 0.256 e. The predicted molar refractivity (Wildman–Crippen MR) is 121 cm³/mol. The van der Waals surface area contributed by atoms with Gasteiger partial charge in [0.05, 0.1) is 46.8 Å². The number of imidazole rings is 1. The Morgan fingerprint density at radius 1 is 1.12 bits per heavy atom. The third-order valence-electron chi connectivity index (χ3n) is 6.39. The predicted octanol–water partition coefficient (Wildman–Crippen LogP) is 3.67. The van der Waals surface area contributed by atoms with Crippen LogP contribution in [0, 0.1) is 20.8 Å². The van der Waals surface area contributed by atoms with E-state index < -0.39 is 0 Å². The van der Waals surface area contributed by atoms with E-state index in [1.165, 1.54) is 10.4 Å². The second-order valence-corrected chi connectivity index (χ2v) is 8.43. The molecule has 0 unspecified atom stereocenters. The van der Waals surface area contributed by atoms with E-state index in [0.29, 0.717) is 24.2 Å². The quantitative estimate of drug-likeness (QED) is 0.534. The fraction of sp³-hybridized carbons (Fsp3) is 0.333. The van der Waals surface area contributed by atoms with Crippen molar-refractivity contribution < 1.29 is 9.53 Å². The van der Waals surface area contributed by atoms with Gasteiger partial charge in [0.15, 0.2) is 0 Å². The number of hydrogen-bond acceptors (Lipinski definition) is 5. The molecule has 2 aromatic heterocycles. The molecule has 3 heterocycles. The molecule has 1 aliphatic heterocycles. The zero-order valence-electron chi connectivity index (χ0n) is 18.7. The van der Waals surface area contributed by atoms with Gasteiger partial charge in [-0.05, 0) is 50.1 Å². The zero-order chi connectivity index (χ0) is 22.4. The fourth-order valence-corrected chi connectivity index (χ4v) is 4.43. The Hall–Kier alpha value is -3.52. The Labute approximate surface area is 186 Å². The molecule has 8 heteroatoms. The van der Waals surface area contributed by atoms with Crippen molar-refractivity contribution in [3.63, 3.8) is 0 Å². The molecule has 0 spiro atoms. The van der Waals surface area contributed by atoms with Crippen LogP contribution in [0.3, 0.4) is 0 Å². The third kappa shape index (κ3) is 3.36. The maximum absolute atomic E-state index is 13.9. The molecule has 8 nitrogen and oxygen atoms in total. The molecule has 164 valence electrons. The van der Waals surface area contributed by atoms with Gasteiger partial charge in [-0.15, -0.1) is 0 Å². The fourth-order valence-electron chi connectivity index (χ4n) is 4.43. The van der Waals surface area contributed by atoms with Crippen LogP contribution in [0.15, 0.2) is 42.7 Å². The number of fused-ring (bicyclic) bond motifs is 1. The minimum absolute atomic E-state index is 0.0592. The lowest BCUT2D eigenvalue weighted by Crippen LogP contribution is -2.33. The molecule has 4 aromatic rings. The first-order valence-corrected chi connectivity index (χ1v) is 10.7. The molecule has 32 heavy (non-hydrogen) atoms. The first-order chi connectivity index (χ1) is 15.5. The molecule has 0 radical (unpaired) electrons. The molecule has 2 atom stereocenters. The van der Waals surface area contributed by atoms with Crippen molar-refractivity contribution in [2.24, 2.45) is 0 Å². The van der Waals surface area contributed by atoms with Crippen LogP contribution < -0.4 is 0 Å². The van der Waals surface area contributed by atoms with Crippen molar-refractivity contribution in [2.75, 3.05) is 13.7 Å². The van der Waals surface area contributed by atoms with E-state index >= 15 is 0 Å². The second-order valence-electron chi connectivity index (χ2n) is 8.43. The number of nitrogens with zero attached hydrogens (tertiary/aromatic N) is 5. The minimum atomic E-state index is -0.210. The standard InChI is InChI=1S/C24H26N6O2/c1-14-5-8-20(30-25-9-10-26-30)18(11-14)24(31)29-13-17(32-4)12-21(29)23-27-19-7-6-15(2)16(3)22(19)28-23/h5-11,17,21H,12-13H2,1-4H3,(H,27,28)/t17-,21-/m0/s1. The molecule has 5 rings (SSSR count). The lowest BCUT2D eigenvalue weighted by atomic mass is 10.1. The number of nitrogens with one attached hydrogen (secondary N) is 1. The van der Waals surface area contributed by atoms with Crippen LogP contribution in [-0.4, -0.2) is 55.5 Å². The van der Waals surface area contributed by atoms with Gasteiger partial charge < -0.3 is 14.6 Å². The van der Waals surface area contributed by atoms with Crippen molar-refractivity contribution >= 4 is 16.9 Å². The van der Waals surface area contributed by atoms with E-state index in [0.717, 1.165) is 28.0 Å². The summed E-state index contributed by atoms with van der Waals surface area (Å²) in [4.78, 5) is 25.6. The highest BCUT2D eigenvalue weighted by Crippen LogP contribution is 2.35. The van der Waals surface area contributed by atoms with E-state index in [1.807, 2.05) is 36.1 Å². The molecule has 1 amide bonds. The number of H-pyrrole nitrogens is 1. The Morgan fingerprint density at radius 3 is 2.66 bits per heavy atom. The van der Waals surface area contributed by atoms with Crippen LogP contribution in [0.25, 0.3) is 16.7 Å². The number of ether oxygens (including phenoxy) is 1. The number of rotatable bonds is 4. The van der Waals surface area contributed by atoms with E-state index in [-0.39, 0.29) is 18.1 Å². The molecule has 1 saturated heterocycles. The van der Waals surface area contributed by atoms with E-state index in [1.54, 1.807) is 19.5 Å². The third-order valence-corrected chi connectivity index (χ3v) is 6.39. The summed E-state index contributed by atoms with van der Waals surface area (Å²) in [5.74, 6) is 0.701. The largest absolute Gasteiger partial charge is 0.380 e. The molecule has 1 N–H and O–H groups in total. The Kier molecular flexibility index (Phi) is 5.01. The number of hydrogen-bond donors (Lipinski definition) is 1. The molecular formula is C24H26N6O2. The van der Waals surface area contributed by atoms with E-state index in [2.05, 4.69) is 35.1 Å². The van der Waals surface area contributed by atoms with Crippen molar-refractivity contribution in [3.8, 4) is 5.69 Å². The monoisotopic (exact) mass is 430 g/mol. The number of aromatic nitrogens is 5. The maximum atomic E-state index is 13.9. The highest BCUT2D eigenvalue weighted by molar-refractivity contribution is 5.98. The first-order valence-electron chi connectivity index (χ1n) is 10.7. The van der Waals surface area contributed by atoms with E-state index in [9.17, 15) is 4.79 Å². The highest BCUT2D eigenvalue weighted by atomic mass is 16.5. The summed E-state index contributed by atoms with van der Waals surface area (Å²) in [5.41, 5.74) is 6.49. The number of likely N-dealkylation sites (tertiary alicyclic amines) is 1. The lowest BCUT2D eigenvalue weighted by molar-refractivity contribution is 0.0684. The molecule has 0 bridgehead atoms. The van der Waals surface area contributed by atoms with Gasteiger partial charge in [0.1, 0.15) is 5.82 Å². The van der Waals surface area contributed by atoms with Crippen LogP contribution >= 0.6 is 0 Å². The average Bonchev–Trinajstić information content (AvgIpc) is 3.55. The van der Waals surface area contributed by atoms with Gasteiger partial charge in [-0.25, -0.2) is 4.98 Å². The van der Waals surface area contributed by atoms with Gasteiger partial charge >= 0.3 is 0 Å². The van der Waals surface area contributed by atoms with Crippen LogP contribution in [0.2, 0.25) is 0 Å². The topological polar surface area (TPSA) is 88.9 Å². The summed E-state index contributed by atoms with van der Waals surface area (Å²) in [6.07, 6.45) is 3.83. The number of carbonyl (C=O) groups excluding carboxylic acids is 1. The lowest BCUT2D eigenvalue weighted by Gasteiger charge is -2.24. The number of carbonyl (C=O) groups is 1. The Morgan fingerprint density at radius 2 is 1.91 bits per heavy atom. The number of benzene rings is 2. The first kappa shape index (κ1) is 20.4. The van der Waals surface area contributed by atoms with Gasteiger partial charge in [0.2, 0.25) is 0 Å². The molecule has 1 fully saturated rings. The number of aryl methyl sites for hydroxylation is 3. The van der Waals surface area contributed by atoms with Crippen molar-refractivity contribution in [1.82, 2.24) is 29.9 Å². The van der Waals surface area contributed by atoms with Gasteiger partial charge in [-0.3, -0.25) is 4.79 Å². The van der Waals surface area contributed by atoms with Crippen LogP contribution in [0.4, 0.5) is 0 Å².